The number of hydrogen-bond donors (Lipinski definition) is 2. The molecule has 2 rings (SSSR count). The second-order valence-corrected chi connectivity index (χ2v) is 5.09. The highest BCUT2D eigenvalue weighted by Gasteiger charge is 2.12. The smallest absolute Gasteiger partial charge is 0.257 e. The molecule has 0 aliphatic heterocycles. The van der Waals surface area contributed by atoms with E-state index in [0.717, 1.165) is 0 Å². The molecule has 6 heteroatoms. The molecule has 2 N–H and O–H groups in total. The standard InChI is InChI=1S/C15H14Cl2N2O2/c1-18-13-6-3-9(16)7-11(13)15(20)19-10-4-5-12(17)14(8-10)21-2/h3-8,18H,1-2H3,(H,19,20). The number of hydrogen-bond acceptors (Lipinski definition) is 3. The number of methoxy groups -OCH3 is 1. The van der Waals surface area contributed by atoms with E-state index < -0.39 is 0 Å². The summed E-state index contributed by atoms with van der Waals surface area (Å²) in [5.74, 6) is 0.223. The lowest BCUT2D eigenvalue weighted by Gasteiger charge is -2.11. The first-order valence-corrected chi connectivity index (χ1v) is 6.93. The quantitative estimate of drug-likeness (QED) is 0.881. The van der Waals surface area contributed by atoms with Crippen LogP contribution in [0.4, 0.5) is 11.4 Å². The highest BCUT2D eigenvalue weighted by molar-refractivity contribution is 6.32. The van der Waals surface area contributed by atoms with Gasteiger partial charge in [-0.05, 0) is 30.3 Å². The Bertz CT molecular complexity index is 675. The minimum atomic E-state index is -0.272. The molecular formula is C15H14Cl2N2O2. The number of halogens is 2. The van der Waals surface area contributed by atoms with Crippen LogP contribution in [-0.2, 0) is 0 Å². The third kappa shape index (κ3) is 3.60. The van der Waals surface area contributed by atoms with Crippen LogP contribution in [0.1, 0.15) is 10.4 Å². The summed E-state index contributed by atoms with van der Waals surface area (Å²) in [5.41, 5.74) is 1.74. The van der Waals surface area contributed by atoms with Gasteiger partial charge in [0.1, 0.15) is 5.75 Å². The second-order valence-electron chi connectivity index (χ2n) is 4.24. The molecule has 0 unspecified atom stereocenters. The van der Waals surface area contributed by atoms with Crippen LogP contribution in [0.3, 0.4) is 0 Å². The molecule has 0 saturated heterocycles. The van der Waals surface area contributed by atoms with Crippen molar-refractivity contribution in [3.63, 3.8) is 0 Å². The van der Waals surface area contributed by atoms with E-state index in [1.165, 1.54) is 7.11 Å². The number of rotatable bonds is 4. The van der Waals surface area contributed by atoms with E-state index in [0.29, 0.717) is 32.7 Å². The van der Waals surface area contributed by atoms with Gasteiger partial charge in [0, 0.05) is 29.5 Å². The zero-order valence-corrected chi connectivity index (χ0v) is 13.0. The van der Waals surface area contributed by atoms with Crippen molar-refractivity contribution in [2.45, 2.75) is 0 Å². The van der Waals surface area contributed by atoms with Gasteiger partial charge in [0.05, 0.1) is 17.7 Å². The third-order valence-electron chi connectivity index (χ3n) is 2.90. The van der Waals surface area contributed by atoms with Gasteiger partial charge < -0.3 is 15.4 Å². The maximum atomic E-state index is 12.3. The van der Waals surface area contributed by atoms with Crippen molar-refractivity contribution < 1.29 is 9.53 Å². The van der Waals surface area contributed by atoms with Gasteiger partial charge in [0.2, 0.25) is 0 Å². The molecule has 0 fully saturated rings. The van der Waals surface area contributed by atoms with Crippen LogP contribution in [0, 0.1) is 0 Å². The normalized spacial score (nSPS) is 10.1. The molecule has 0 bridgehead atoms. The number of anilines is 2. The van der Waals surface area contributed by atoms with Crippen LogP contribution in [0.5, 0.6) is 5.75 Å². The number of amides is 1. The second kappa shape index (κ2) is 6.70. The first-order chi connectivity index (χ1) is 10.0. The summed E-state index contributed by atoms with van der Waals surface area (Å²) >= 11 is 11.9. The van der Waals surface area contributed by atoms with Crippen LogP contribution in [-0.4, -0.2) is 20.1 Å². The Morgan fingerprint density at radius 1 is 1.14 bits per heavy atom. The molecule has 0 aliphatic rings. The lowest BCUT2D eigenvalue weighted by atomic mass is 10.1. The van der Waals surface area contributed by atoms with Crippen molar-refractivity contribution in [3.8, 4) is 5.75 Å². The van der Waals surface area contributed by atoms with Crippen LogP contribution in [0.25, 0.3) is 0 Å². The summed E-state index contributed by atoms with van der Waals surface area (Å²) in [4.78, 5) is 12.3. The first-order valence-electron chi connectivity index (χ1n) is 6.17. The van der Waals surface area contributed by atoms with E-state index in [4.69, 9.17) is 27.9 Å². The Balaban J connectivity index is 2.28. The Labute approximate surface area is 133 Å². The Morgan fingerprint density at radius 2 is 1.90 bits per heavy atom. The van der Waals surface area contributed by atoms with Gasteiger partial charge >= 0.3 is 0 Å². The molecular weight excluding hydrogens is 311 g/mol. The molecule has 4 nitrogen and oxygen atoms in total. The van der Waals surface area contributed by atoms with Crippen LogP contribution >= 0.6 is 23.2 Å². The van der Waals surface area contributed by atoms with Crippen LogP contribution in [0.2, 0.25) is 10.0 Å². The minimum absolute atomic E-state index is 0.272. The lowest BCUT2D eigenvalue weighted by Crippen LogP contribution is -2.14. The van der Waals surface area contributed by atoms with E-state index in [-0.39, 0.29) is 5.91 Å². The third-order valence-corrected chi connectivity index (χ3v) is 3.45. The number of nitrogens with one attached hydrogen (secondary N) is 2. The van der Waals surface area contributed by atoms with Crippen LogP contribution < -0.4 is 15.4 Å². The summed E-state index contributed by atoms with van der Waals surface area (Å²) in [5, 5.41) is 6.72. The van der Waals surface area contributed by atoms with Crippen LogP contribution in [0.15, 0.2) is 36.4 Å². The van der Waals surface area contributed by atoms with E-state index >= 15 is 0 Å². The van der Waals surface area contributed by atoms with E-state index in [9.17, 15) is 4.79 Å². The van der Waals surface area contributed by atoms with E-state index in [2.05, 4.69) is 10.6 Å². The van der Waals surface area contributed by atoms with E-state index in [1.807, 2.05) is 0 Å². The Kier molecular flexibility index (Phi) is 4.94. The zero-order chi connectivity index (χ0) is 15.4. The van der Waals surface area contributed by atoms with E-state index in [1.54, 1.807) is 43.4 Å². The average molecular weight is 325 g/mol. The zero-order valence-electron chi connectivity index (χ0n) is 11.5. The van der Waals surface area contributed by atoms with Gasteiger partial charge in [-0.1, -0.05) is 23.2 Å². The SMILES string of the molecule is CNc1ccc(Cl)cc1C(=O)Nc1ccc(Cl)c(OC)c1. The van der Waals surface area contributed by atoms with Crippen molar-refractivity contribution in [2.24, 2.45) is 0 Å². The lowest BCUT2D eigenvalue weighted by molar-refractivity contribution is 0.102. The number of benzene rings is 2. The number of carbonyl (C=O) groups is 1. The summed E-state index contributed by atoms with van der Waals surface area (Å²) in [6.45, 7) is 0. The summed E-state index contributed by atoms with van der Waals surface area (Å²) in [7, 11) is 3.26. The van der Waals surface area contributed by atoms with Gasteiger partial charge in [-0.15, -0.1) is 0 Å². The molecule has 0 radical (unpaired) electrons. The van der Waals surface area contributed by atoms with Gasteiger partial charge in [-0.25, -0.2) is 0 Å². The fourth-order valence-corrected chi connectivity index (χ4v) is 2.23. The minimum Gasteiger partial charge on any atom is -0.495 e. The first kappa shape index (κ1) is 15.5. The predicted molar refractivity (Wildman–Crippen MR) is 87.0 cm³/mol. The van der Waals surface area contributed by atoms with Gasteiger partial charge in [0.25, 0.3) is 5.91 Å². The topological polar surface area (TPSA) is 50.4 Å². The monoisotopic (exact) mass is 324 g/mol. The molecule has 0 aliphatic carbocycles. The molecule has 21 heavy (non-hydrogen) atoms. The number of carbonyl (C=O) groups excluding carboxylic acids is 1. The summed E-state index contributed by atoms with van der Waals surface area (Å²) < 4.78 is 5.12. The van der Waals surface area contributed by atoms with Crippen molar-refractivity contribution in [2.75, 3.05) is 24.8 Å². The molecule has 0 heterocycles. The summed E-state index contributed by atoms with van der Waals surface area (Å²) in [6.07, 6.45) is 0. The summed E-state index contributed by atoms with van der Waals surface area (Å²) in [6, 6.07) is 10.1. The van der Waals surface area contributed by atoms with Crippen molar-refractivity contribution in [1.82, 2.24) is 0 Å². The molecule has 1 amide bonds. The molecule has 0 atom stereocenters. The molecule has 2 aromatic carbocycles. The highest BCUT2D eigenvalue weighted by Crippen LogP contribution is 2.28. The molecule has 2 aromatic rings. The molecule has 0 spiro atoms. The van der Waals surface area contributed by atoms with Gasteiger partial charge in [-0.2, -0.15) is 0 Å². The Morgan fingerprint density at radius 3 is 2.57 bits per heavy atom. The largest absolute Gasteiger partial charge is 0.495 e. The fourth-order valence-electron chi connectivity index (χ4n) is 1.86. The number of ether oxygens (including phenoxy) is 1. The maximum absolute atomic E-state index is 12.3. The molecule has 0 saturated carbocycles. The van der Waals surface area contributed by atoms with Gasteiger partial charge in [-0.3, -0.25) is 4.79 Å². The van der Waals surface area contributed by atoms with Gasteiger partial charge in [0.15, 0.2) is 0 Å². The predicted octanol–water partition coefficient (Wildman–Crippen LogP) is 4.30. The van der Waals surface area contributed by atoms with Crippen molar-refractivity contribution in [3.05, 3.63) is 52.0 Å². The maximum Gasteiger partial charge on any atom is 0.257 e. The van der Waals surface area contributed by atoms with Crippen molar-refractivity contribution in [1.29, 1.82) is 0 Å². The molecule has 0 aromatic heterocycles. The highest BCUT2D eigenvalue weighted by atomic mass is 35.5. The Hall–Kier alpha value is -1.91. The fraction of sp³-hybridized carbons (Fsp3) is 0.133. The average Bonchev–Trinajstić information content (AvgIpc) is 2.49. The molecule has 110 valence electrons. The van der Waals surface area contributed by atoms with Crippen molar-refractivity contribution >= 4 is 40.5 Å².